The summed E-state index contributed by atoms with van der Waals surface area (Å²) in [5.41, 5.74) is 1.23. The molecule has 0 aliphatic carbocycles. The van der Waals surface area contributed by atoms with Crippen LogP contribution in [0, 0.1) is 13.8 Å². The van der Waals surface area contributed by atoms with E-state index in [9.17, 15) is 9.59 Å². The molecule has 3 saturated heterocycles. The summed E-state index contributed by atoms with van der Waals surface area (Å²) in [6.45, 7) is 39.3. The number of rotatable bonds is 4. The molecule has 0 unspecified atom stereocenters. The molecule has 3 fully saturated rings. The summed E-state index contributed by atoms with van der Waals surface area (Å²) in [5.74, 6) is 0. The van der Waals surface area contributed by atoms with E-state index in [2.05, 4.69) is 26.6 Å². The third kappa shape index (κ3) is 13.0. The van der Waals surface area contributed by atoms with Gasteiger partial charge in [-0.25, -0.2) is 9.59 Å². The first-order valence-corrected chi connectivity index (χ1v) is 20.7. The molecule has 58 heavy (non-hydrogen) atoms. The van der Waals surface area contributed by atoms with Crippen LogP contribution in [0.15, 0.2) is 40.9 Å². The number of benzene rings is 2. The maximum Gasteiger partial charge on any atom is 0.495 e. The number of amides is 2. The van der Waals surface area contributed by atoms with Crippen LogP contribution in [-0.4, -0.2) is 78.1 Å². The van der Waals surface area contributed by atoms with Crippen LogP contribution < -0.4 is 16.1 Å². The number of halogens is 1. The Morgan fingerprint density at radius 2 is 0.845 bits per heavy atom. The van der Waals surface area contributed by atoms with Crippen molar-refractivity contribution in [3.8, 4) is 0 Å². The van der Waals surface area contributed by atoms with Gasteiger partial charge in [0.1, 0.15) is 11.2 Å². The minimum Gasteiger partial charge on any atom is -0.444 e. The standard InChI is InChI=1S/C18H28BNO4.C12H24B2O4.C12H16BrNO2/c1-12-11-13(20-15(21)22-16(2,3)4)9-10-14(12)19-23-17(5,6)18(7,8)24-19;1-9(2)10(3,4)16-13(15-9)14-17-11(5,6)12(7,8)18-14;1-8-7-9(5-6-10(8)13)14-11(15)16-12(2,3)4/h9-11H,1-8H3,(H,20,21);1-8H3;5-7H,1-4H3,(H,14,15). The molecule has 0 aromatic heterocycles. The van der Waals surface area contributed by atoms with E-state index in [0.29, 0.717) is 5.69 Å². The number of ether oxygens (including phenoxy) is 2. The molecule has 5 rings (SSSR count). The zero-order chi connectivity index (χ0) is 44.7. The number of anilines is 2. The number of nitrogens with one attached hydrogen (secondary N) is 2. The molecule has 3 aliphatic heterocycles. The van der Waals surface area contributed by atoms with E-state index in [1.54, 1.807) is 0 Å². The summed E-state index contributed by atoms with van der Waals surface area (Å²) >= 11 is 3.40. The van der Waals surface area contributed by atoms with Crippen molar-refractivity contribution in [2.75, 3.05) is 10.6 Å². The normalized spacial score (nSPS) is 20.9. The molecule has 322 valence electrons. The van der Waals surface area contributed by atoms with Gasteiger partial charge in [-0.15, -0.1) is 0 Å². The van der Waals surface area contributed by atoms with Gasteiger partial charge in [-0.1, -0.05) is 22.0 Å². The lowest BCUT2D eigenvalue weighted by molar-refractivity contribution is 0.00578. The van der Waals surface area contributed by atoms with Gasteiger partial charge in [0.2, 0.25) is 0 Å². The summed E-state index contributed by atoms with van der Waals surface area (Å²) < 4.78 is 47.4. The van der Waals surface area contributed by atoms with Gasteiger partial charge in [-0.3, -0.25) is 10.6 Å². The SMILES string of the molecule is CC1(C)OB(B2OC(C)(C)C(C)(C)O2)OC1(C)C.Cc1cc(NC(=O)OC(C)(C)C)ccc1B1OC(C)(C)C(C)(C)O1.Cc1cc(NC(=O)OC(C)(C)C)ccc1Br. The number of hydrogen-bond donors (Lipinski definition) is 2. The quantitative estimate of drug-likeness (QED) is 0.286. The number of carbonyl (C=O) groups excluding carboxylic acids is 2. The molecule has 16 heteroatoms. The first-order chi connectivity index (χ1) is 26.0. The molecular weight excluding hydrogens is 805 g/mol. The van der Waals surface area contributed by atoms with Crippen LogP contribution >= 0.6 is 15.9 Å². The van der Waals surface area contributed by atoms with Crippen LogP contribution in [0.25, 0.3) is 0 Å². The summed E-state index contributed by atoms with van der Waals surface area (Å²) in [6.07, 6.45) is -0.903. The zero-order valence-corrected chi connectivity index (χ0v) is 40.2. The molecular formula is C42H68B3BrN2O10. The van der Waals surface area contributed by atoms with Crippen LogP contribution in [0.3, 0.4) is 0 Å². The number of carbonyl (C=O) groups is 2. The van der Waals surface area contributed by atoms with Gasteiger partial charge in [-0.05, 0) is 185 Å². The molecule has 0 saturated carbocycles. The number of hydrogen-bond acceptors (Lipinski definition) is 10. The molecule has 0 atom stereocenters. The van der Waals surface area contributed by atoms with Crippen molar-refractivity contribution in [1.29, 1.82) is 0 Å². The van der Waals surface area contributed by atoms with Crippen LogP contribution in [0.4, 0.5) is 21.0 Å². The van der Waals surface area contributed by atoms with Crippen molar-refractivity contribution < 1.29 is 47.0 Å². The molecule has 2 aromatic rings. The second-order valence-corrected chi connectivity index (χ2v) is 21.0. The van der Waals surface area contributed by atoms with Gasteiger partial charge in [0.25, 0.3) is 0 Å². The number of aryl methyl sites for hydroxylation is 2. The summed E-state index contributed by atoms with van der Waals surface area (Å²) in [5, 5.41) is 5.43. The molecule has 0 bridgehead atoms. The lowest BCUT2D eigenvalue weighted by Gasteiger charge is -2.32. The summed E-state index contributed by atoms with van der Waals surface area (Å²) in [4.78, 5) is 23.3. The highest BCUT2D eigenvalue weighted by Gasteiger charge is 2.63. The highest BCUT2D eigenvalue weighted by molar-refractivity contribution is 9.10. The van der Waals surface area contributed by atoms with Crippen molar-refractivity contribution in [3.05, 3.63) is 52.0 Å². The third-order valence-corrected chi connectivity index (χ3v) is 11.9. The van der Waals surface area contributed by atoms with E-state index in [0.717, 1.165) is 26.7 Å². The van der Waals surface area contributed by atoms with E-state index in [-0.39, 0.29) is 33.6 Å². The van der Waals surface area contributed by atoms with Gasteiger partial charge < -0.3 is 37.4 Å². The fourth-order valence-electron chi connectivity index (χ4n) is 5.55. The lowest BCUT2D eigenvalue weighted by Crippen LogP contribution is -2.41. The van der Waals surface area contributed by atoms with Gasteiger partial charge in [0, 0.05) is 15.8 Å². The molecule has 2 amide bonds. The monoisotopic (exact) mass is 872 g/mol. The maximum atomic E-state index is 11.9. The minimum absolute atomic E-state index is 0.360. The molecule has 3 heterocycles. The van der Waals surface area contributed by atoms with Gasteiger partial charge in [-0.2, -0.15) is 0 Å². The van der Waals surface area contributed by atoms with Crippen LogP contribution in [0.1, 0.15) is 136 Å². The molecule has 2 N–H and O–H groups in total. The predicted octanol–water partition coefficient (Wildman–Crippen LogP) is 9.99. The van der Waals surface area contributed by atoms with E-state index >= 15 is 0 Å². The van der Waals surface area contributed by atoms with Crippen LogP contribution in [0.2, 0.25) is 0 Å². The fraction of sp³-hybridized carbons (Fsp3) is 0.667. The Hall–Kier alpha value is -2.59. The Morgan fingerprint density at radius 3 is 1.16 bits per heavy atom. The van der Waals surface area contributed by atoms with E-state index < -0.39 is 44.5 Å². The highest BCUT2D eigenvalue weighted by Crippen LogP contribution is 2.43. The average molecular weight is 873 g/mol. The third-order valence-electron chi connectivity index (χ3n) is 11.0. The first kappa shape index (κ1) is 49.8. The van der Waals surface area contributed by atoms with E-state index in [1.165, 1.54) is 0 Å². The molecule has 2 aromatic carbocycles. The van der Waals surface area contributed by atoms with Crippen LogP contribution in [-0.2, 0) is 37.4 Å². The van der Waals surface area contributed by atoms with Crippen molar-refractivity contribution in [2.45, 2.75) is 183 Å². The molecule has 3 aliphatic rings. The molecule has 0 radical (unpaired) electrons. The van der Waals surface area contributed by atoms with Crippen LogP contribution in [0.5, 0.6) is 0 Å². The Bertz CT molecular complexity index is 1700. The predicted molar refractivity (Wildman–Crippen MR) is 238 cm³/mol. The van der Waals surface area contributed by atoms with Crippen molar-refractivity contribution in [1.82, 2.24) is 0 Å². The first-order valence-electron chi connectivity index (χ1n) is 19.9. The zero-order valence-electron chi connectivity index (χ0n) is 38.7. The smallest absolute Gasteiger partial charge is 0.444 e. The average Bonchev–Trinajstić information content (AvgIpc) is 3.46. The van der Waals surface area contributed by atoms with E-state index in [4.69, 9.17) is 37.4 Å². The Labute approximate surface area is 357 Å². The topological polar surface area (TPSA) is 132 Å². The second-order valence-electron chi connectivity index (χ2n) is 20.1. The van der Waals surface area contributed by atoms with Gasteiger partial charge in [0.15, 0.2) is 0 Å². The van der Waals surface area contributed by atoms with Gasteiger partial charge in [0.05, 0.1) is 33.6 Å². The fourth-order valence-corrected chi connectivity index (χ4v) is 5.80. The largest absolute Gasteiger partial charge is 0.495 e. The maximum absolute atomic E-state index is 11.9. The van der Waals surface area contributed by atoms with Gasteiger partial charge >= 0.3 is 33.3 Å². The van der Waals surface area contributed by atoms with E-state index in [1.807, 2.05) is 175 Å². The Balaban J connectivity index is 0.000000239. The Kier molecular flexibility index (Phi) is 14.9. The Morgan fingerprint density at radius 1 is 0.534 bits per heavy atom. The molecule has 12 nitrogen and oxygen atoms in total. The van der Waals surface area contributed by atoms with Crippen molar-refractivity contribution in [3.63, 3.8) is 0 Å². The lowest BCUT2D eigenvalue weighted by atomic mass is 9.49. The second kappa shape index (κ2) is 17.4. The summed E-state index contributed by atoms with van der Waals surface area (Å²) in [7, 11) is -1.36. The summed E-state index contributed by atoms with van der Waals surface area (Å²) in [6, 6.07) is 11.2. The highest BCUT2D eigenvalue weighted by atomic mass is 79.9. The molecule has 0 spiro atoms. The van der Waals surface area contributed by atoms with Crippen molar-refractivity contribution >= 4 is 66.1 Å². The minimum atomic E-state index is -0.526. The van der Waals surface area contributed by atoms with Crippen molar-refractivity contribution in [2.24, 2.45) is 0 Å².